The molecule has 2 bridgehead atoms. The molecule has 33 heavy (non-hydrogen) atoms. The van der Waals surface area contributed by atoms with Gasteiger partial charge >= 0.3 is 0 Å². The average Bonchev–Trinajstić information content (AvgIpc) is 3.05. The Hall–Kier alpha value is -3.48. The molecule has 0 radical (unpaired) electrons. The van der Waals surface area contributed by atoms with Crippen LogP contribution in [0.2, 0.25) is 0 Å². The van der Waals surface area contributed by atoms with E-state index in [4.69, 9.17) is 29.1 Å². The van der Waals surface area contributed by atoms with Crippen LogP contribution in [0.4, 0.5) is 0 Å². The highest BCUT2D eigenvalue weighted by molar-refractivity contribution is 5.89. The Morgan fingerprint density at radius 3 is 2.30 bits per heavy atom. The first-order chi connectivity index (χ1) is 15.9. The van der Waals surface area contributed by atoms with E-state index >= 15 is 0 Å². The minimum atomic E-state index is -2.05. The Bertz CT molecular complexity index is 1100. The van der Waals surface area contributed by atoms with Crippen molar-refractivity contribution in [2.75, 3.05) is 21.3 Å². The molecule has 1 N–H and O–H groups in total. The van der Waals surface area contributed by atoms with Crippen molar-refractivity contribution in [3.8, 4) is 35.5 Å². The maximum atomic E-state index is 10.5. The van der Waals surface area contributed by atoms with Gasteiger partial charge in [0.15, 0.2) is 16.9 Å². The summed E-state index contributed by atoms with van der Waals surface area (Å²) in [7, 11) is 4.37. The Morgan fingerprint density at radius 2 is 1.76 bits per heavy atom. The van der Waals surface area contributed by atoms with Crippen molar-refractivity contribution in [2.24, 2.45) is 22.7 Å². The Balaban J connectivity index is 2.01. The number of rotatable bonds is 5. The maximum absolute atomic E-state index is 10.5. The van der Waals surface area contributed by atoms with Crippen molar-refractivity contribution in [1.82, 2.24) is 0 Å². The molecule has 5 unspecified atom stereocenters. The molecular weight excluding hydrogens is 424 g/mol. The first-order valence-electron chi connectivity index (χ1n) is 10.9. The summed E-state index contributed by atoms with van der Waals surface area (Å²) in [5.41, 5.74) is -3.48. The Kier molecular flexibility index (Phi) is 5.39. The summed E-state index contributed by atoms with van der Waals surface area (Å²) in [6.45, 7) is 2.07. The molecule has 9 heteroatoms. The second kappa shape index (κ2) is 7.83. The average molecular weight is 450 g/mol. The van der Waals surface area contributed by atoms with E-state index in [9.17, 15) is 15.8 Å². The Labute approximate surface area is 192 Å². The van der Waals surface area contributed by atoms with Gasteiger partial charge in [-0.25, -0.2) is 0 Å². The molecule has 0 spiro atoms. The van der Waals surface area contributed by atoms with Crippen LogP contribution in [0, 0.1) is 62.1 Å². The van der Waals surface area contributed by atoms with Gasteiger partial charge in [0.25, 0.3) is 0 Å². The lowest BCUT2D eigenvalue weighted by atomic mass is 9.50. The van der Waals surface area contributed by atoms with Crippen LogP contribution < -0.4 is 14.2 Å². The molecule has 2 aliphatic heterocycles. The maximum Gasteiger partial charge on any atom is 0.217 e. The monoisotopic (exact) mass is 450 g/mol. The minimum Gasteiger partial charge on any atom is -0.493 e. The first kappa shape index (κ1) is 22.7. The number of nitrogens with one attached hydrogen (secondary N) is 1. The van der Waals surface area contributed by atoms with Gasteiger partial charge in [0.05, 0.1) is 45.5 Å². The molecule has 1 saturated carbocycles. The number of methoxy groups -OCH3 is 3. The third-order valence-electron chi connectivity index (χ3n) is 7.61. The van der Waals surface area contributed by atoms with Gasteiger partial charge in [0.2, 0.25) is 22.8 Å². The molecule has 0 aromatic heterocycles. The molecule has 1 aromatic carbocycles. The largest absolute Gasteiger partial charge is 0.493 e. The molecule has 1 aliphatic carbocycles. The van der Waals surface area contributed by atoms with E-state index in [1.54, 1.807) is 12.1 Å². The first-order valence-corrected chi connectivity index (χ1v) is 10.9. The molecule has 1 aromatic rings. The summed E-state index contributed by atoms with van der Waals surface area (Å²) in [6.07, 6.45) is 1.46. The van der Waals surface area contributed by atoms with Crippen molar-refractivity contribution in [3.05, 3.63) is 17.7 Å². The third kappa shape index (κ3) is 2.62. The van der Waals surface area contributed by atoms with Crippen LogP contribution in [0.3, 0.4) is 0 Å². The highest BCUT2D eigenvalue weighted by Crippen LogP contribution is 2.71. The fourth-order valence-electron chi connectivity index (χ4n) is 5.90. The summed E-state index contributed by atoms with van der Waals surface area (Å²) in [5.74, 6) is -1.06. The zero-order valence-corrected chi connectivity index (χ0v) is 19.1. The molecule has 172 valence electrons. The van der Waals surface area contributed by atoms with Crippen molar-refractivity contribution in [1.29, 1.82) is 21.2 Å². The van der Waals surface area contributed by atoms with Crippen LogP contribution in [-0.4, -0.2) is 33.0 Å². The van der Waals surface area contributed by atoms with E-state index in [1.807, 2.05) is 0 Å². The van der Waals surface area contributed by atoms with Gasteiger partial charge < -0.3 is 23.7 Å². The minimum absolute atomic E-state index is 0.229. The predicted molar refractivity (Wildman–Crippen MR) is 114 cm³/mol. The number of nitriles is 3. The summed E-state index contributed by atoms with van der Waals surface area (Å²) >= 11 is 0. The van der Waals surface area contributed by atoms with Gasteiger partial charge in [0, 0.05) is 12.0 Å². The highest BCUT2D eigenvalue weighted by atomic mass is 16.7. The number of nitrogens with zero attached hydrogens (tertiary/aromatic N) is 3. The topological polar surface area (TPSA) is 141 Å². The fraction of sp³-hybridized carbons (Fsp3) is 0.583. The fourth-order valence-corrected chi connectivity index (χ4v) is 5.90. The number of ether oxygens (including phenoxy) is 5. The lowest BCUT2D eigenvalue weighted by molar-refractivity contribution is -0.299. The smallest absolute Gasteiger partial charge is 0.217 e. The van der Waals surface area contributed by atoms with Gasteiger partial charge in [-0.2, -0.15) is 15.8 Å². The van der Waals surface area contributed by atoms with Crippen LogP contribution >= 0.6 is 0 Å². The van der Waals surface area contributed by atoms with Gasteiger partial charge in [-0.05, 0) is 30.9 Å². The molecule has 2 saturated heterocycles. The molecule has 5 atom stereocenters. The van der Waals surface area contributed by atoms with Gasteiger partial charge in [0.1, 0.15) is 6.10 Å². The lowest BCUT2D eigenvalue weighted by Crippen LogP contribution is -2.61. The molecule has 3 fully saturated rings. The highest BCUT2D eigenvalue weighted by Gasteiger charge is 2.81. The summed E-state index contributed by atoms with van der Waals surface area (Å²) in [4.78, 5) is 0. The van der Waals surface area contributed by atoms with Gasteiger partial charge in [-0.3, -0.25) is 5.41 Å². The summed E-state index contributed by atoms with van der Waals surface area (Å²) < 4.78 is 29.0. The van der Waals surface area contributed by atoms with E-state index in [0.29, 0.717) is 24.2 Å². The number of hydrogen-bond donors (Lipinski definition) is 1. The summed E-state index contributed by atoms with van der Waals surface area (Å²) in [6, 6.07) is 9.65. The molecule has 4 rings (SSSR count). The SMILES string of the molecule is CCC1CCC23OC(=N)C(C#N)(C2C1)C(C#N)(C#N)C(c1ccc(OC)c(OC)c1OC)O3. The standard InChI is InChI=1S/C24H26N4O5/c1-5-14-8-9-24-17(10-14)23(13-27,21(28)33-24)22(11-25,12-26)20(32-24)15-6-7-16(29-2)19(31-4)18(15)30-3/h6-7,14,17,20,28H,5,8-10H2,1-4H3. The van der Waals surface area contributed by atoms with E-state index in [1.165, 1.54) is 21.3 Å². The second-order valence-corrected chi connectivity index (χ2v) is 8.72. The van der Waals surface area contributed by atoms with Crippen LogP contribution in [0.1, 0.15) is 44.3 Å². The van der Waals surface area contributed by atoms with Crippen molar-refractivity contribution >= 4 is 5.90 Å². The van der Waals surface area contributed by atoms with Crippen LogP contribution in [-0.2, 0) is 9.47 Å². The van der Waals surface area contributed by atoms with Crippen LogP contribution in [0.25, 0.3) is 0 Å². The van der Waals surface area contributed by atoms with E-state index in [2.05, 4.69) is 25.1 Å². The Morgan fingerprint density at radius 1 is 1.06 bits per heavy atom. The van der Waals surface area contributed by atoms with Crippen molar-refractivity contribution in [3.63, 3.8) is 0 Å². The predicted octanol–water partition coefficient (Wildman–Crippen LogP) is 3.86. The number of hydrogen-bond acceptors (Lipinski definition) is 9. The molecule has 0 amide bonds. The molecule has 3 aliphatic rings. The lowest BCUT2D eigenvalue weighted by Gasteiger charge is -2.52. The van der Waals surface area contributed by atoms with Crippen molar-refractivity contribution < 1.29 is 23.7 Å². The normalized spacial score (nSPS) is 33.5. The van der Waals surface area contributed by atoms with E-state index in [0.717, 1.165) is 12.8 Å². The van der Waals surface area contributed by atoms with Crippen molar-refractivity contribution in [2.45, 2.75) is 44.5 Å². The van der Waals surface area contributed by atoms with Gasteiger partial charge in [-0.1, -0.05) is 13.3 Å². The second-order valence-electron chi connectivity index (χ2n) is 8.72. The van der Waals surface area contributed by atoms with E-state index in [-0.39, 0.29) is 23.3 Å². The molecule has 2 heterocycles. The zero-order chi connectivity index (χ0) is 24.0. The van der Waals surface area contributed by atoms with E-state index < -0.39 is 28.6 Å². The third-order valence-corrected chi connectivity index (χ3v) is 7.61. The van der Waals surface area contributed by atoms with Crippen LogP contribution in [0.5, 0.6) is 17.2 Å². The van der Waals surface area contributed by atoms with Gasteiger partial charge in [-0.15, -0.1) is 0 Å². The number of benzene rings is 1. The molecule has 9 nitrogen and oxygen atoms in total. The summed E-state index contributed by atoms with van der Waals surface area (Å²) in [5, 5.41) is 40.1. The quantitative estimate of drug-likeness (QED) is 0.713. The van der Waals surface area contributed by atoms with Crippen LogP contribution in [0.15, 0.2) is 12.1 Å². The molecular formula is C24H26N4O5. The zero-order valence-electron chi connectivity index (χ0n) is 19.1.